The molecule has 1 aliphatic carbocycles. The van der Waals surface area contributed by atoms with Crippen molar-refractivity contribution in [3.05, 3.63) is 66.0 Å². The Morgan fingerprint density at radius 2 is 1.72 bits per heavy atom. The van der Waals surface area contributed by atoms with Gasteiger partial charge in [-0.3, -0.25) is 4.79 Å². The van der Waals surface area contributed by atoms with E-state index >= 15 is 0 Å². The first-order chi connectivity index (χ1) is 14.0. The smallest absolute Gasteiger partial charge is 0.244 e. The van der Waals surface area contributed by atoms with Gasteiger partial charge in [0.05, 0.1) is 4.90 Å². The van der Waals surface area contributed by atoms with Gasteiger partial charge in [-0.15, -0.1) is 0 Å². The summed E-state index contributed by atoms with van der Waals surface area (Å²) in [5.41, 5.74) is 0.771. The van der Waals surface area contributed by atoms with Gasteiger partial charge >= 0.3 is 0 Å². The molecule has 1 saturated heterocycles. The minimum atomic E-state index is -3.77. The topological polar surface area (TPSA) is 66.5 Å². The first-order valence-electron chi connectivity index (χ1n) is 10.1. The molecule has 1 saturated carbocycles. The van der Waals surface area contributed by atoms with E-state index in [9.17, 15) is 17.6 Å². The van der Waals surface area contributed by atoms with Crippen molar-refractivity contribution in [2.24, 2.45) is 5.92 Å². The molecule has 1 amide bonds. The maximum atomic E-state index is 13.4. The number of hydrogen-bond acceptors (Lipinski definition) is 3. The summed E-state index contributed by atoms with van der Waals surface area (Å²) >= 11 is 0. The third-order valence-electron chi connectivity index (χ3n) is 6.03. The summed E-state index contributed by atoms with van der Waals surface area (Å²) in [4.78, 5) is 13.3. The van der Waals surface area contributed by atoms with Crippen molar-refractivity contribution in [2.45, 2.75) is 55.6 Å². The minimum Gasteiger partial charge on any atom is -0.351 e. The van der Waals surface area contributed by atoms with Crippen LogP contribution >= 0.6 is 0 Å². The van der Waals surface area contributed by atoms with Gasteiger partial charge in [-0.05, 0) is 55.0 Å². The van der Waals surface area contributed by atoms with Crippen LogP contribution in [0.3, 0.4) is 0 Å². The van der Waals surface area contributed by atoms with E-state index in [0.717, 1.165) is 31.2 Å². The molecule has 3 unspecified atom stereocenters. The summed E-state index contributed by atoms with van der Waals surface area (Å²) in [6, 6.07) is 13.4. The Hall–Kier alpha value is -2.25. The molecule has 1 aliphatic heterocycles. The van der Waals surface area contributed by atoms with Crippen LogP contribution in [-0.4, -0.2) is 30.7 Å². The number of carbonyl (C=O) groups excluding carboxylic acids is 1. The number of nitrogens with zero attached hydrogens (tertiary/aromatic N) is 1. The fourth-order valence-corrected chi connectivity index (χ4v) is 6.51. The van der Waals surface area contributed by atoms with Crippen molar-refractivity contribution in [1.82, 2.24) is 9.62 Å². The monoisotopic (exact) mass is 416 g/mol. The van der Waals surface area contributed by atoms with E-state index < -0.39 is 16.1 Å². The lowest BCUT2D eigenvalue weighted by molar-refractivity contribution is -0.124. The zero-order chi connectivity index (χ0) is 20.4. The number of amides is 1. The molecule has 0 aromatic heterocycles. The van der Waals surface area contributed by atoms with E-state index in [4.69, 9.17) is 0 Å². The third-order valence-corrected chi connectivity index (χ3v) is 7.98. The lowest BCUT2D eigenvalue weighted by Crippen LogP contribution is -2.49. The van der Waals surface area contributed by atoms with Crippen molar-refractivity contribution in [1.29, 1.82) is 0 Å². The van der Waals surface area contributed by atoms with Crippen LogP contribution in [0.2, 0.25) is 0 Å². The quantitative estimate of drug-likeness (QED) is 0.812. The first kappa shape index (κ1) is 20.0. The number of carbonyl (C=O) groups is 1. The third kappa shape index (κ3) is 4.07. The number of nitrogens with one attached hydrogen (secondary N) is 1. The molecule has 2 aliphatic rings. The lowest BCUT2D eigenvalue weighted by Gasteiger charge is -2.32. The number of rotatable bonds is 5. The summed E-state index contributed by atoms with van der Waals surface area (Å²) in [5, 5.41) is 2.86. The predicted molar refractivity (Wildman–Crippen MR) is 108 cm³/mol. The molecular formula is C22H25FN2O3S. The Morgan fingerprint density at radius 3 is 2.45 bits per heavy atom. The van der Waals surface area contributed by atoms with Gasteiger partial charge in [0.2, 0.25) is 15.9 Å². The van der Waals surface area contributed by atoms with Crippen LogP contribution in [0.25, 0.3) is 0 Å². The van der Waals surface area contributed by atoms with Crippen LogP contribution < -0.4 is 5.32 Å². The highest BCUT2D eigenvalue weighted by Gasteiger charge is 2.50. The Morgan fingerprint density at radius 1 is 1.03 bits per heavy atom. The molecule has 29 heavy (non-hydrogen) atoms. The predicted octanol–water partition coefficient (Wildman–Crippen LogP) is 3.46. The Bertz CT molecular complexity index is 963. The highest BCUT2D eigenvalue weighted by Crippen LogP contribution is 2.42. The molecule has 2 fully saturated rings. The lowest BCUT2D eigenvalue weighted by atomic mass is 9.85. The van der Waals surface area contributed by atoms with E-state index in [1.807, 2.05) is 0 Å². The second kappa shape index (κ2) is 8.24. The van der Waals surface area contributed by atoms with E-state index in [0.29, 0.717) is 6.42 Å². The molecule has 3 atom stereocenters. The van der Waals surface area contributed by atoms with Crippen molar-refractivity contribution in [3.63, 3.8) is 0 Å². The molecule has 4 rings (SSSR count). The molecule has 7 heteroatoms. The Kier molecular flexibility index (Phi) is 5.69. The van der Waals surface area contributed by atoms with Gasteiger partial charge in [0.15, 0.2) is 0 Å². The molecule has 0 bridgehead atoms. The number of hydrogen-bond donors (Lipinski definition) is 1. The van der Waals surface area contributed by atoms with Crippen LogP contribution in [0, 0.1) is 11.7 Å². The number of fused-ring (bicyclic) bond motifs is 1. The zero-order valence-corrected chi connectivity index (χ0v) is 16.9. The number of halogens is 1. The van der Waals surface area contributed by atoms with Gasteiger partial charge in [-0.2, -0.15) is 4.31 Å². The van der Waals surface area contributed by atoms with E-state index in [1.165, 1.54) is 16.4 Å². The fraction of sp³-hybridized carbons (Fsp3) is 0.409. The summed E-state index contributed by atoms with van der Waals surface area (Å²) < 4.78 is 41.4. The van der Waals surface area contributed by atoms with E-state index in [-0.39, 0.29) is 35.1 Å². The highest BCUT2D eigenvalue weighted by molar-refractivity contribution is 7.89. The van der Waals surface area contributed by atoms with Crippen LogP contribution in [0.4, 0.5) is 4.39 Å². The molecule has 2 aromatic rings. The van der Waals surface area contributed by atoms with Gasteiger partial charge in [0, 0.05) is 12.6 Å². The Balaban J connectivity index is 1.58. The summed E-state index contributed by atoms with van der Waals surface area (Å²) in [7, 11) is -3.77. The molecule has 5 nitrogen and oxygen atoms in total. The molecule has 0 spiro atoms. The molecule has 1 N–H and O–H groups in total. The van der Waals surface area contributed by atoms with Crippen LogP contribution in [0.15, 0.2) is 59.5 Å². The van der Waals surface area contributed by atoms with Crippen molar-refractivity contribution < 1.29 is 17.6 Å². The summed E-state index contributed by atoms with van der Waals surface area (Å²) in [5.74, 6) is -0.410. The van der Waals surface area contributed by atoms with Gasteiger partial charge in [-0.25, -0.2) is 12.8 Å². The second-order valence-corrected chi connectivity index (χ2v) is 9.70. The summed E-state index contributed by atoms with van der Waals surface area (Å²) in [6.07, 6.45) is 4.34. The van der Waals surface area contributed by atoms with Gasteiger partial charge in [0.1, 0.15) is 11.9 Å². The molecule has 1 heterocycles. The Labute approximate surface area is 171 Å². The summed E-state index contributed by atoms with van der Waals surface area (Å²) in [6.45, 7) is 0.240. The van der Waals surface area contributed by atoms with Crippen LogP contribution in [0.5, 0.6) is 0 Å². The standard InChI is InChI=1S/C22H25FN2O3S/c23-18-12-10-16(11-13-18)15-24-22(26)21-14-17-6-4-5-9-20(17)25(21)29(27,28)19-7-2-1-3-8-19/h1-3,7-8,10-13,17,20-21H,4-6,9,14-15H2,(H,24,26). The van der Waals surface area contributed by atoms with E-state index in [2.05, 4.69) is 5.32 Å². The van der Waals surface area contributed by atoms with Crippen LogP contribution in [-0.2, 0) is 21.4 Å². The fourth-order valence-electron chi connectivity index (χ4n) is 4.61. The average Bonchev–Trinajstić information content (AvgIpc) is 3.14. The van der Waals surface area contributed by atoms with Crippen LogP contribution in [0.1, 0.15) is 37.7 Å². The molecule has 0 radical (unpaired) electrons. The van der Waals surface area contributed by atoms with Gasteiger partial charge < -0.3 is 5.32 Å². The van der Waals surface area contributed by atoms with E-state index in [1.54, 1.807) is 42.5 Å². The number of benzene rings is 2. The maximum Gasteiger partial charge on any atom is 0.244 e. The van der Waals surface area contributed by atoms with Crippen molar-refractivity contribution >= 4 is 15.9 Å². The molecular weight excluding hydrogens is 391 g/mol. The maximum absolute atomic E-state index is 13.4. The SMILES string of the molecule is O=C(NCc1ccc(F)cc1)C1CC2CCCCC2N1S(=O)(=O)c1ccccc1. The second-order valence-electron chi connectivity index (χ2n) is 7.86. The first-order valence-corrected chi connectivity index (χ1v) is 11.5. The van der Waals surface area contributed by atoms with Crippen molar-refractivity contribution in [3.8, 4) is 0 Å². The average molecular weight is 417 g/mol. The largest absolute Gasteiger partial charge is 0.351 e. The normalized spacial score (nSPS) is 24.8. The van der Waals surface area contributed by atoms with Crippen molar-refractivity contribution in [2.75, 3.05) is 0 Å². The molecule has 154 valence electrons. The van der Waals surface area contributed by atoms with Gasteiger partial charge in [0.25, 0.3) is 0 Å². The minimum absolute atomic E-state index is 0.129. The zero-order valence-electron chi connectivity index (χ0n) is 16.1. The van der Waals surface area contributed by atoms with Gasteiger partial charge in [-0.1, -0.05) is 43.2 Å². The number of sulfonamides is 1. The molecule has 2 aromatic carbocycles. The highest BCUT2D eigenvalue weighted by atomic mass is 32.2.